The molecule has 1 aliphatic rings. The van der Waals surface area contributed by atoms with Crippen LogP contribution >= 0.6 is 0 Å². The third-order valence-electron chi connectivity index (χ3n) is 3.06. The minimum atomic E-state index is -5.83. The van der Waals surface area contributed by atoms with Crippen LogP contribution in [0.2, 0.25) is 0 Å². The number of rotatable bonds is 3. The van der Waals surface area contributed by atoms with Gasteiger partial charge in [0, 0.05) is 11.8 Å². The summed E-state index contributed by atoms with van der Waals surface area (Å²) in [4.78, 5) is 14.5. The van der Waals surface area contributed by atoms with Crippen LogP contribution in [-0.2, 0) is 23.0 Å². The van der Waals surface area contributed by atoms with Gasteiger partial charge in [0.05, 0.1) is 5.56 Å². The summed E-state index contributed by atoms with van der Waals surface area (Å²) in [6, 6.07) is 0. The first-order chi connectivity index (χ1) is 9.63. The Kier molecular flexibility index (Phi) is 3.83. The standard InChI is InChI=1S/C11H10F3NO5S/c12-11(13,14)21(18,19)20-9-7-4-2-1-3-6(7)8(5-15-9)10(16)17/h5H,1-4H2,(H,16,17). The number of carbonyl (C=O) groups is 1. The fraction of sp³-hybridized carbons (Fsp3) is 0.455. The minimum Gasteiger partial charge on any atom is -0.478 e. The van der Waals surface area contributed by atoms with Crippen LogP contribution in [0.25, 0.3) is 0 Å². The molecule has 0 aromatic carbocycles. The molecule has 1 heterocycles. The highest BCUT2D eigenvalue weighted by atomic mass is 32.2. The summed E-state index contributed by atoms with van der Waals surface area (Å²) < 4.78 is 63.1. The van der Waals surface area contributed by atoms with Gasteiger partial charge in [-0.25, -0.2) is 9.78 Å². The van der Waals surface area contributed by atoms with Gasteiger partial charge in [-0.3, -0.25) is 0 Å². The Labute approximate surface area is 117 Å². The number of alkyl halides is 3. The van der Waals surface area contributed by atoms with Crippen molar-refractivity contribution in [2.24, 2.45) is 0 Å². The fourth-order valence-electron chi connectivity index (χ4n) is 2.12. The van der Waals surface area contributed by atoms with Crippen molar-refractivity contribution in [2.45, 2.75) is 31.2 Å². The molecular formula is C11H10F3NO5S. The van der Waals surface area contributed by atoms with Gasteiger partial charge in [0.25, 0.3) is 0 Å². The molecule has 0 amide bonds. The summed E-state index contributed by atoms with van der Waals surface area (Å²) in [7, 11) is -5.83. The van der Waals surface area contributed by atoms with Crippen LogP contribution in [0.1, 0.15) is 34.3 Å². The van der Waals surface area contributed by atoms with Gasteiger partial charge in [-0.2, -0.15) is 21.6 Å². The van der Waals surface area contributed by atoms with Gasteiger partial charge in [0.15, 0.2) is 0 Å². The van der Waals surface area contributed by atoms with E-state index in [0.717, 1.165) is 6.20 Å². The maximum Gasteiger partial charge on any atom is 0.534 e. The Morgan fingerprint density at radius 2 is 1.81 bits per heavy atom. The van der Waals surface area contributed by atoms with Crippen LogP contribution in [0.3, 0.4) is 0 Å². The molecule has 1 aromatic heterocycles. The largest absolute Gasteiger partial charge is 0.534 e. The molecule has 2 rings (SSSR count). The van der Waals surface area contributed by atoms with Crippen molar-refractivity contribution in [2.75, 3.05) is 0 Å². The first-order valence-corrected chi connectivity index (χ1v) is 7.29. The normalized spacial score (nSPS) is 15.4. The number of aromatic carboxylic acids is 1. The third kappa shape index (κ3) is 2.94. The zero-order valence-corrected chi connectivity index (χ0v) is 11.3. The molecule has 1 aromatic rings. The van der Waals surface area contributed by atoms with Crippen molar-refractivity contribution in [1.82, 2.24) is 4.98 Å². The van der Waals surface area contributed by atoms with E-state index in [1.165, 1.54) is 0 Å². The number of hydrogen-bond donors (Lipinski definition) is 1. The predicted molar refractivity (Wildman–Crippen MR) is 63.4 cm³/mol. The second-order valence-corrected chi connectivity index (χ2v) is 5.97. The average molecular weight is 325 g/mol. The number of nitrogens with zero attached hydrogens (tertiary/aromatic N) is 1. The molecule has 0 spiro atoms. The van der Waals surface area contributed by atoms with Crippen molar-refractivity contribution in [3.05, 3.63) is 22.9 Å². The van der Waals surface area contributed by atoms with Gasteiger partial charge in [-0.1, -0.05) is 0 Å². The van der Waals surface area contributed by atoms with Gasteiger partial charge in [0.2, 0.25) is 5.88 Å². The molecule has 0 saturated heterocycles. The van der Waals surface area contributed by atoms with Crippen molar-refractivity contribution < 1.29 is 35.7 Å². The van der Waals surface area contributed by atoms with Crippen molar-refractivity contribution >= 4 is 16.1 Å². The minimum absolute atomic E-state index is 0.106. The summed E-state index contributed by atoms with van der Waals surface area (Å²) in [5.41, 5.74) is -5.34. The molecule has 0 radical (unpaired) electrons. The Hall–Kier alpha value is -1.84. The van der Waals surface area contributed by atoms with Crippen LogP contribution < -0.4 is 4.18 Å². The summed E-state index contributed by atoms with van der Waals surface area (Å²) in [6.45, 7) is 0. The highest BCUT2D eigenvalue weighted by Crippen LogP contribution is 2.33. The van der Waals surface area contributed by atoms with Crippen LogP contribution in [0.15, 0.2) is 6.20 Å². The highest BCUT2D eigenvalue weighted by Gasteiger charge is 2.49. The quantitative estimate of drug-likeness (QED) is 0.674. The van der Waals surface area contributed by atoms with E-state index in [2.05, 4.69) is 9.17 Å². The van der Waals surface area contributed by atoms with Crippen LogP contribution in [0.5, 0.6) is 5.88 Å². The Morgan fingerprint density at radius 3 is 2.33 bits per heavy atom. The SMILES string of the molecule is O=C(O)c1cnc(OS(=O)(=O)C(F)(F)F)c2c1CCCC2. The van der Waals surface area contributed by atoms with Gasteiger partial charge < -0.3 is 9.29 Å². The van der Waals surface area contributed by atoms with E-state index in [-0.39, 0.29) is 23.1 Å². The van der Waals surface area contributed by atoms with E-state index in [9.17, 15) is 26.4 Å². The number of carboxylic acids is 1. The van der Waals surface area contributed by atoms with Crippen LogP contribution in [0, 0.1) is 0 Å². The lowest BCUT2D eigenvalue weighted by Gasteiger charge is -2.20. The predicted octanol–water partition coefficient (Wildman–Crippen LogP) is 1.89. The first kappa shape index (κ1) is 15.5. The fourth-order valence-corrected chi connectivity index (χ4v) is 2.57. The summed E-state index contributed by atoms with van der Waals surface area (Å²) in [5.74, 6) is -1.97. The maximum atomic E-state index is 12.3. The van der Waals surface area contributed by atoms with E-state index in [0.29, 0.717) is 19.3 Å². The Bertz CT molecular complexity index is 684. The lowest BCUT2D eigenvalue weighted by molar-refractivity contribution is -0.0501. The molecule has 0 atom stereocenters. The molecule has 1 N–H and O–H groups in total. The van der Waals surface area contributed by atoms with Crippen LogP contribution in [0.4, 0.5) is 13.2 Å². The molecule has 10 heteroatoms. The molecule has 0 unspecified atom stereocenters. The topological polar surface area (TPSA) is 93.6 Å². The van der Waals surface area contributed by atoms with E-state index >= 15 is 0 Å². The number of halogens is 3. The molecule has 21 heavy (non-hydrogen) atoms. The molecule has 116 valence electrons. The van der Waals surface area contributed by atoms with Gasteiger partial charge in [-0.05, 0) is 31.2 Å². The lowest BCUT2D eigenvalue weighted by atomic mass is 9.90. The molecule has 0 bridgehead atoms. The summed E-state index contributed by atoms with van der Waals surface area (Å²) >= 11 is 0. The lowest BCUT2D eigenvalue weighted by Crippen LogP contribution is -2.29. The highest BCUT2D eigenvalue weighted by molar-refractivity contribution is 7.87. The zero-order chi connectivity index (χ0) is 15.8. The molecule has 1 aliphatic carbocycles. The summed E-state index contributed by atoms with van der Waals surface area (Å²) in [6.07, 6.45) is 2.59. The van der Waals surface area contributed by atoms with Crippen molar-refractivity contribution in [3.8, 4) is 5.88 Å². The molecule has 0 aliphatic heterocycles. The molecule has 6 nitrogen and oxygen atoms in total. The molecule has 0 saturated carbocycles. The molecule has 0 fully saturated rings. The second-order valence-electron chi connectivity index (χ2n) is 4.43. The van der Waals surface area contributed by atoms with E-state index in [1.807, 2.05) is 0 Å². The number of carboxylic acid groups (broad SMARTS) is 1. The number of hydrogen-bond acceptors (Lipinski definition) is 5. The van der Waals surface area contributed by atoms with E-state index in [4.69, 9.17) is 5.11 Å². The van der Waals surface area contributed by atoms with E-state index < -0.39 is 27.5 Å². The smallest absolute Gasteiger partial charge is 0.478 e. The summed E-state index contributed by atoms with van der Waals surface area (Å²) in [5, 5.41) is 9.01. The zero-order valence-electron chi connectivity index (χ0n) is 10.5. The maximum absolute atomic E-state index is 12.3. The van der Waals surface area contributed by atoms with Gasteiger partial charge >= 0.3 is 21.6 Å². The van der Waals surface area contributed by atoms with Crippen molar-refractivity contribution in [1.29, 1.82) is 0 Å². The molecular weight excluding hydrogens is 315 g/mol. The van der Waals surface area contributed by atoms with Gasteiger partial charge in [0.1, 0.15) is 0 Å². The monoisotopic (exact) mass is 325 g/mol. The van der Waals surface area contributed by atoms with Crippen molar-refractivity contribution in [3.63, 3.8) is 0 Å². The van der Waals surface area contributed by atoms with Crippen LogP contribution in [-0.4, -0.2) is 30.0 Å². The number of fused-ring (bicyclic) bond motifs is 1. The Morgan fingerprint density at radius 1 is 1.24 bits per heavy atom. The second kappa shape index (κ2) is 5.17. The van der Waals surface area contributed by atoms with Gasteiger partial charge in [-0.15, -0.1) is 0 Å². The number of aromatic nitrogens is 1. The van der Waals surface area contributed by atoms with E-state index in [1.54, 1.807) is 0 Å². The number of pyridine rings is 1. The average Bonchev–Trinajstić information content (AvgIpc) is 2.37. The first-order valence-electron chi connectivity index (χ1n) is 5.88. The third-order valence-corrected chi connectivity index (χ3v) is 4.01. The Balaban J connectivity index is 2.50.